The van der Waals surface area contributed by atoms with Crippen molar-refractivity contribution in [2.45, 2.75) is 96.3 Å². The maximum atomic E-state index is 2.53. The Balaban J connectivity index is 3.57. The third-order valence-electron chi connectivity index (χ3n) is 3.95. The summed E-state index contributed by atoms with van der Waals surface area (Å²) in [6.07, 6.45) is 8.83. The van der Waals surface area contributed by atoms with Crippen molar-refractivity contribution in [2.24, 2.45) is 0 Å². The quantitative estimate of drug-likeness (QED) is 0.337. The molecule has 0 aliphatic rings. The minimum Gasteiger partial charge on any atom is -0.0695 e. The van der Waals surface area contributed by atoms with Crippen LogP contribution in [-0.2, 0) is 0 Å². The second-order valence-electron chi connectivity index (χ2n) is 7.98. The first-order valence-corrected chi connectivity index (χ1v) is 15.0. The van der Waals surface area contributed by atoms with E-state index in [0.29, 0.717) is 0 Å². The molecule has 0 rings (SSSR count). The predicted molar refractivity (Wildman–Crippen MR) is 88.6 cm³/mol. The first-order chi connectivity index (χ1) is 7.67. The van der Waals surface area contributed by atoms with Gasteiger partial charge in [0.15, 0.2) is 0 Å². The third-order valence-corrected chi connectivity index (χ3v) is 8.95. The van der Waals surface area contributed by atoms with Gasteiger partial charge in [0.25, 0.3) is 0 Å². The van der Waals surface area contributed by atoms with Crippen LogP contribution >= 0.6 is 0 Å². The van der Waals surface area contributed by atoms with Gasteiger partial charge in [-0.25, -0.2) is 0 Å². The van der Waals surface area contributed by atoms with Crippen LogP contribution in [0, 0.1) is 0 Å². The minimum atomic E-state index is -0.878. The zero-order chi connectivity index (χ0) is 13.5. The number of unbranched alkanes of at least 4 members (excludes halogenated alkanes) is 3. The molecule has 0 aromatic heterocycles. The summed E-state index contributed by atoms with van der Waals surface area (Å²) in [7, 11) is -1.65. The lowest BCUT2D eigenvalue weighted by Crippen LogP contribution is -2.27. The average Bonchev–Trinajstić information content (AvgIpc) is 2.12. The molecule has 1 atom stereocenters. The van der Waals surface area contributed by atoms with Gasteiger partial charge in [-0.3, -0.25) is 0 Å². The lowest BCUT2D eigenvalue weighted by atomic mass is 10.1. The zero-order valence-electron chi connectivity index (χ0n) is 13.5. The maximum Gasteiger partial charge on any atom is 0.0473 e. The molecule has 0 N–H and O–H groups in total. The number of hydrogen-bond acceptors (Lipinski definition) is 0. The standard InChI is InChI=1S/C15H36Si2/c1-8-15(17(5,6)7)13-11-9-10-12-14-16(2,3)4/h15H,8-14H2,1-7H3. The maximum absolute atomic E-state index is 2.53. The summed E-state index contributed by atoms with van der Waals surface area (Å²) in [6, 6.07) is 1.53. The van der Waals surface area contributed by atoms with Gasteiger partial charge in [-0.05, 0) is 5.54 Å². The minimum absolute atomic E-state index is 0.769. The monoisotopic (exact) mass is 272 g/mol. The van der Waals surface area contributed by atoms with Crippen LogP contribution < -0.4 is 0 Å². The van der Waals surface area contributed by atoms with Crippen molar-refractivity contribution in [3.63, 3.8) is 0 Å². The van der Waals surface area contributed by atoms with E-state index in [1.807, 2.05) is 0 Å². The van der Waals surface area contributed by atoms with Crippen molar-refractivity contribution in [2.75, 3.05) is 0 Å². The largest absolute Gasteiger partial charge is 0.0695 e. The second kappa shape index (κ2) is 7.78. The third kappa shape index (κ3) is 10.1. The highest BCUT2D eigenvalue weighted by atomic mass is 28.3. The molecule has 0 saturated heterocycles. The van der Waals surface area contributed by atoms with Crippen LogP contribution in [0.4, 0.5) is 0 Å². The van der Waals surface area contributed by atoms with E-state index in [1.165, 1.54) is 44.6 Å². The van der Waals surface area contributed by atoms with Crippen LogP contribution in [-0.4, -0.2) is 16.1 Å². The fraction of sp³-hybridized carbons (Fsp3) is 1.00. The predicted octanol–water partition coefficient (Wildman–Crippen LogP) is 6.39. The van der Waals surface area contributed by atoms with E-state index < -0.39 is 16.1 Å². The van der Waals surface area contributed by atoms with E-state index in [-0.39, 0.29) is 0 Å². The van der Waals surface area contributed by atoms with Crippen LogP contribution in [0.3, 0.4) is 0 Å². The van der Waals surface area contributed by atoms with Crippen molar-refractivity contribution in [1.29, 1.82) is 0 Å². The van der Waals surface area contributed by atoms with Crippen molar-refractivity contribution in [3.05, 3.63) is 0 Å². The Morgan fingerprint density at radius 2 is 1.29 bits per heavy atom. The smallest absolute Gasteiger partial charge is 0.0473 e. The van der Waals surface area contributed by atoms with Gasteiger partial charge in [0.1, 0.15) is 0 Å². The molecule has 1 unspecified atom stereocenters. The Morgan fingerprint density at radius 1 is 0.765 bits per heavy atom. The fourth-order valence-corrected chi connectivity index (χ4v) is 6.25. The van der Waals surface area contributed by atoms with Crippen LogP contribution in [0.5, 0.6) is 0 Å². The molecule has 2 heteroatoms. The van der Waals surface area contributed by atoms with Gasteiger partial charge >= 0.3 is 0 Å². The van der Waals surface area contributed by atoms with E-state index in [9.17, 15) is 0 Å². The topological polar surface area (TPSA) is 0 Å². The van der Waals surface area contributed by atoms with Gasteiger partial charge in [0.2, 0.25) is 0 Å². The van der Waals surface area contributed by atoms with Gasteiger partial charge in [0, 0.05) is 16.1 Å². The molecular formula is C15H36Si2. The molecule has 0 heterocycles. The average molecular weight is 273 g/mol. The SMILES string of the molecule is CCC(CCCCCC[Si](C)(C)C)[Si](C)(C)C. The molecule has 104 valence electrons. The zero-order valence-corrected chi connectivity index (χ0v) is 15.5. The molecule has 0 saturated carbocycles. The van der Waals surface area contributed by atoms with Crippen LogP contribution in [0.1, 0.15) is 45.4 Å². The summed E-state index contributed by atoms with van der Waals surface area (Å²) < 4.78 is 0. The number of rotatable bonds is 9. The highest BCUT2D eigenvalue weighted by Crippen LogP contribution is 2.30. The Hall–Kier alpha value is 0.434. The summed E-state index contributed by atoms with van der Waals surface area (Å²) in [5.41, 5.74) is 1.06. The van der Waals surface area contributed by atoms with E-state index in [2.05, 4.69) is 46.2 Å². The molecule has 0 aromatic carbocycles. The highest BCUT2D eigenvalue weighted by molar-refractivity contribution is 6.77. The van der Waals surface area contributed by atoms with Crippen LogP contribution in [0.2, 0.25) is 50.9 Å². The summed E-state index contributed by atoms with van der Waals surface area (Å²) >= 11 is 0. The van der Waals surface area contributed by atoms with Gasteiger partial charge in [-0.15, -0.1) is 0 Å². The Bertz CT molecular complexity index is 186. The summed E-state index contributed by atoms with van der Waals surface area (Å²) in [4.78, 5) is 0. The summed E-state index contributed by atoms with van der Waals surface area (Å²) in [5.74, 6) is 0. The first-order valence-electron chi connectivity index (χ1n) is 7.67. The van der Waals surface area contributed by atoms with E-state index >= 15 is 0 Å². The van der Waals surface area contributed by atoms with E-state index in [1.54, 1.807) is 0 Å². The molecule has 0 amide bonds. The van der Waals surface area contributed by atoms with Crippen molar-refractivity contribution >= 4 is 16.1 Å². The lowest BCUT2D eigenvalue weighted by Gasteiger charge is -2.28. The molecule has 0 aliphatic heterocycles. The number of hydrogen-bond donors (Lipinski definition) is 0. The van der Waals surface area contributed by atoms with Crippen LogP contribution in [0.15, 0.2) is 0 Å². The van der Waals surface area contributed by atoms with Gasteiger partial charge < -0.3 is 0 Å². The summed E-state index contributed by atoms with van der Waals surface area (Å²) in [5, 5.41) is 0. The molecule has 0 fully saturated rings. The van der Waals surface area contributed by atoms with Gasteiger partial charge in [-0.2, -0.15) is 0 Å². The van der Waals surface area contributed by atoms with E-state index in [4.69, 9.17) is 0 Å². The molecule has 0 aromatic rings. The summed E-state index contributed by atoms with van der Waals surface area (Å²) in [6.45, 7) is 17.5. The second-order valence-corrected chi connectivity index (χ2v) is 19.2. The Labute approximate surface area is 113 Å². The highest BCUT2D eigenvalue weighted by Gasteiger charge is 2.24. The van der Waals surface area contributed by atoms with Gasteiger partial charge in [-0.1, -0.05) is 90.8 Å². The molecule has 0 spiro atoms. The van der Waals surface area contributed by atoms with Crippen molar-refractivity contribution < 1.29 is 0 Å². The Kier molecular flexibility index (Phi) is 7.98. The van der Waals surface area contributed by atoms with Crippen molar-refractivity contribution in [3.8, 4) is 0 Å². The van der Waals surface area contributed by atoms with Gasteiger partial charge in [0.05, 0.1) is 0 Å². The normalized spacial score (nSPS) is 15.0. The first kappa shape index (κ1) is 17.4. The molecule has 0 aliphatic carbocycles. The van der Waals surface area contributed by atoms with Crippen molar-refractivity contribution in [1.82, 2.24) is 0 Å². The molecule has 17 heavy (non-hydrogen) atoms. The Morgan fingerprint density at radius 3 is 1.71 bits per heavy atom. The van der Waals surface area contributed by atoms with Crippen LogP contribution in [0.25, 0.3) is 0 Å². The molecule has 0 nitrogen and oxygen atoms in total. The molecule has 0 radical (unpaired) electrons. The van der Waals surface area contributed by atoms with E-state index in [0.717, 1.165) is 5.54 Å². The lowest BCUT2D eigenvalue weighted by molar-refractivity contribution is 0.590. The fourth-order valence-electron chi connectivity index (χ4n) is 2.65. The molecule has 0 bridgehead atoms. The molecular weight excluding hydrogens is 236 g/mol.